The molecule has 0 amide bonds. The third-order valence-corrected chi connectivity index (χ3v) is 3.66. The first kappa shape index (κ1) is 13.8. The van der Waals surface area contributed by atoms with Crippen LogP contribution in [0, 0.1) is 6.92 Å². The van der Waals surface area contributed by atoms with E-state index in [1.165, 1.54) is 27.8 Å². The number of aryl methyl sites for hydroxylation is 1. The SMILES string of the molecule is Cc1ccc(C(C)C)cc1Cc1cccc(CN)c1. The molecule has 0 spiro atoms. The largest absolute Gasteiger partial charge is 0.326 e. The third-order valence-electron chi connectivity index (χ3n) is 3.66. The summed E-state index contributed by atoms with van der Waals surface area (Å²) in [5.74, 6) is 0.578. The molecule has 0 radical (unpaired) electrons. The van der Waals surface area contributed by atoms with Gasteiger partial charge in [-0.15, -0.1) is 0 Å². The molecular weight excluding hydrogens is 230 g/mol. The number of hydrogen-bond acceptors (Lipinski definition) is 1. The summed E-state index contributed by atoms with van der Waals surface area (Å²) in [4.78, 5) is 0. The van der Waals surface area contributed by atoms with Crippen LogP contribution in [-0.4, -0.2) is 0 Å². The van der Waals surface area contributed by atoms with Gasteiger partial charge in [-0.2, -0.15) is 0 Å². The quantitative estimate of drug-likeness (QED) is 0.869. The van der Waals surface area contributed by atoms with Gasteiger partial charge < -0.3 is 5.73 Å². The van der Waals surface area contributed by atoms with Crippen LogP contribution in [0.25, 0.3) is 0 Å². The molecule has 0 bridgehead atoms. The lowest BCUT2D eigenvalue weighted by molar-refractivity contribution is 0.862. The fourth-order valence-electron chi connectivity index (χ4n) is 2.33. The van der Waals surface area contributed by atoms with Crippen molar-refractivity contribution in [3.05, 3.63) is 70.3 Å². The van der Waals surface area contributed by atoms with Gasteiger partial charge in [0.15, 0.2) is 0 Å². The van der Waals surface area contributed by atoms with Crippen molar-refractivity contribution in [2.45, 2.75) is 39.7 Å². The van der Waals surface area contributed by atoms with Crippen LogP contribution in [0.2, 0.25) is 0 Å². The normalized spacial score (nSPS) is 11.0. The zero-order chi connectivity index (χ0) is 13.8. The van der Waals surface area contributed by atoms with E-state index in [0.717, 1.165) is 6.42 Å². The third kappa shape index (κ3) is 3.45. The summed E-state index contributed by atoms with van der Waals surface area (Å²) < 4.78 is 0. The molecule has 0 aliphatic heterocycles. The molecule has 19 heavy (non-hydrogen) atoms. The monoisotopic (exact) mass is 253 g/mol. The molecule has 1 nitrogen and oxygen atoms in total. The molecule has 100 valence electrons. The fraction of sp³-hybridized carbons (Fsp3) is 0.333. The van der Waals surface area contributed by atoms with Gasteiger partial charge in [-0.3, -0.25) is 0 Å². The molecule has 2 aromatic carbocycles. The topological polar surface area (TPSA) is 26.0 Å². The number of hydrogen-bond donors (Lipinski definition) is 1. The van der Waals surface area contributed by atoms with Crippen molar-refractivity contribution >= 4 is 0 Å². The highest BCUT2D eigenvalue weighted by molar-refractivity contribution is 5.37. The number of benzene rings is 2. The van der Waals surface area contributed by atoms with Gasteiger partial charge in [0, 0.05) is 6.54 Å². The van der Waals surface area contributed by atoms with E-state index in [2.05, 4.69) is 63.2 Å². The lowest BCUT2D eigenvalue weighted by Gasteiger charge is -2.12. The van der Waals surface area contributed by atoms with Crippen molar-refractivity contribution in [2.24, 2.45) is 5.73 Å². The van der Waals surface area contributed by atoms with E-state index in [1.54, 1.807) is 0 Å². The predicted molar refractivity (Wildman–Crippen MR) is 82.4 cm³/mol. The molecule has 2 N–H and O–H groups in total. The van der Waals surface area contributed by atoms with Gasteiger partial charge in [-0.1, -0.05) is 56.3 Å². The molecule has 0 saturated heterocycles. The van der Waals surface area contributed by atoms with E-state index in [4.69, 9.17) is 5.73 Å². The highest BCUT2D eigenvalue weighted by atomic mass is 14.5. The second-order valence-electron chi connectivity index (χ2n) is 5.54. The molecule has 0 aliphatic rings. The van der Waals surface area contributed by atoms with E-state index >= 15 is 0 Å². The molecule has 2 rings (SSSR count). The van der Waals surface area contributed by atoms with Gasteiger partial charge in [-0.25, -0.2) is 0 Å². The fourth-order valence-corrected chi connectivity index (χ4v) is 2.33. The Bertz CT molecular complexity index is 555. The maximum absolute atomic E-state index is 5.71. The Morgan fingerprint density at radius 1 is 1.00 bits per heavy atom. The standard InChI is InChI=1S/C18H23N/c1-13(2)17-8-7-14(3)18(11-17)10-15-5-4-6-16(9-15)12-19/h4-9,11,13H,10,12,19H2,1-3H3. The van der Waals surface area contributed by atoms with Gasteiger partial charge in [0.1, 0.15) is 0 Å². The van der Waals surface area contributed by atoms with Gasteiger partial charge in [0.2, 0.25) is 0 Å². The summed E-state index contributed by atoms with van der Waals surface area (Å²) >= 11 is 0. The lowest BCUT2D eigenvalue weighted by Crippen LogP contribution is -1.99. The maximum Gasteiger partial charge on any atom is 0.0178 e. The highest BCUT2D eigenvalue weighted by Crippen LogP contribution is 2.21. The van der Waals surface area contributed by atoms with Crippen LogP contribution in [0.5, 0.6) is 0 Å². The van der Waals surface area contributed by atoms with Crippen LogP contribution in [0.1, 0.15) is 47.6 Å². The van der Waals surface area contributed by atoms with Crippen LogP contribution in [0.4, 0.5) is 0 Å². The van der Waals surface area contributed by atoms with Gasteiger partial charge in [-0.05, 0) is 47.1 Å². The molecule has 0 saturated carbocycles. The van der Waals surface area contributed by atoms with Crippen LogP contribution in [0.3, 0.4) is 0 Å². The van der Waals surface area contributed by atoms with Crippen molar-refractivity contribution < 1.29 is 0 Å². The Morgan fingerprint density at radius 3 is 2.42 bits per heavy atom. The molecule has 0 fully saturated rings. The summed E-state index contributed by atoms with van der Waals surface area (Å²) in [5, 5.41) is 0. The van der Waals surface area contributed by atoms with Crippen molar-refractivity contribution in [3.8, 4) is 0 Å². The second-order valence-corrected chi connectivity index (χ2v) is 5.54. The zero-order valence-electron chi connectivity index (χ0n) is 12.1. The van der Waals surface area contributed by atoms with Gasteiger partial charge in [0.25, 0.3) is 0 Å². The minimum atomic E-state index is 0.578. The Hall–Kier alpha value is -1.60. The second kappa shape index (κ2) is 6.03. The summed E-state index contributed by atoms with van der Waals surface area (Å²) in [7, 11) is 0. The van der Waals surface area contributed by atoms with E-state index in [-0.39, 0.29) is 0 Å². The summed E-state index contributed by atoms with van der Waals surface area (Å²) in [5.41, 5.74) is 12.4. The Labute approximate surface area is 116 Å². The van der Waals surface area contributed by atoms with Crippen molar-refractivity contribution in [3.63, 3.8) is 0 Å². The first-order valence-electron chi connectivity index (χ1n) is 6.97. The average Bonchev–Trinajstić information content (AvgIpc) is 2.41. The van der Waals surface area contributed by atoms with Crippen LogP contribution >= 0.6 is 0 Å². The highest BCUT2D eigenvalue weighted by Gasteiger charge is 2.05. The molecule has 2 aromatic rings. The van der Waals surface area contributed by atoms with Gasteiger partial charge in [0.05, 0.1) is 0 Å². The summed E-state index contributed by atoms with van der Waals surface area (Å²) in [6, 6.07) is 15.4. The number of nitrogens with two attached hydrogens (primary N) is 1. The Morgan fingerprint density at radius 2 is 1.74 bits per heavy atom. The number of rotatable bonds is 4. The van der Waals surface area contributed by atoms with Crippen LogP contribution < -0.4 is 5.73 Å². The van der Waals surface area contributed by atoms with Gasteiger partial charge >= 0.3 is 0 Å². The van der Waals surface area contributed by atoms with E-state index < -0.39 is 0 Å². The maximum atomic E-state index is 5.71. The molecule has 0 aliphatic carbocycles. The minimum absolute atomic E-state index is 0.578. The molecule has 0 aromatic heterocycles. The van der Waals surface area contributed by atoms with Crippen LogP contribution in [0.15, 0.2) is 42.5 Å². The average molecular weight is 253 g/mol. The minimum Gasteiger partial charge on any atom is -0.326 e. The first-order chi connectivity index (χ1) is 9.10. The molecular formula is C18H23N. The van der Waals surface area contributed by atoms with Crippen molar-refractivity contribution in [2.75, 3.05) is 0 Å². The van der Waals surface area contributed by atoms with Crippen molar-refractivity contribution in [1.82, 2.24) is 0 Å². The zero-order valence-corrected chi connectivity index (χ0v) is 12.1. The first-order valence-corrected chi connectivity index (χ1v) is 6.97. The van der Waals surface area contributed by atoms with Crippen molar-refractivity contribution in [1.29, 1.82) is 0 Å². The van der Waals surface area contributed by atoms with E-state index in [1.807, 2.05) is 0 Å². The Kier molecular flexibility index (Phi) is 4.39. The molecule has 0 atom stereocenters. The Balaban J connectivity index is 2.29. The summed E-state index contributed by atoms with van der Waals surface area (Å²) in [6.07, 6.45) is 0.986. The molecule has 0 unspecified atom stereocenters. The predicted octanol–water partition coefficient (Wildman–Crippen LogP) is 4.17. The lowest BCUT2D eigenvalue weighted by atomic mass is 9.94. The molecule has 0 heterocycles. The molecule has 1 heteroatoms. The van der Waals surface area contributed by atoms with Crippen LogP contribution in [-0.2, 0) is 13.0 Å². The summed E-state index contributed by atoms with van der Waals surface area (Å²) in [6.45, 7) is 7.28. The van der Waals surface area contributed by atoms with E-state index in [0.29, 0.717) is 12.5 Å². The van der Waals surface area contributed by atoms with E-state index in [9.17, 15) is 0 Å². The smallest absolute Gasteiger partial charge is 0.0178 e.